The summed E-state index contributed by atoms with van der Waals surface area (Å²) in [5, 5.41) is 5.15. The van der Waals surface area contributed by atoms with Crippen LogP contribution in [0.15, 0.2) is 41.2 Å². The molecule has 0 saturated carbocycles. The zero-order valence-electron chi connectivity index (χ0n) is 13.5. The van der Waals surface area contributed by atoms with Crippen LogP contribution in [0.25, 0.3) is 0 Å². The Balaban J connectivity index is 1.97. The number of aryl methyl sites for hydroxylation is 1. The average Bonchev–Trinajstić information content (AvgIpc) is 2.58. The number of likely N-dealkylation sites (N-methyl/N-ethyl adjacent to an activating group) is 1. The van der Waals surface area contributed by atoms with Crippen LogP contribution in [0, 0.1) is 6.92 Å². The van der Waals surface area contributed by atoms with Gasteiger partial charge in [-0.1, -0.05) is 12.1 Å². The molecule has 0 fully saturated rings. The van der Waals surface area contributed by atoms with Crippen molar-refractivity contribution < 1.29 is 14.3 Å². The van der Waals surface area contributed by atoms with Gasteiger partial charge >= 0.3 is 0 Å². The van der Waals surface area contributed by atoms with E-state index >= 15 is 0 Å². The van der Waals surface area contributed by atoms with Gasteiger partial charge in [0.2, 0.25) is 0 Å². The molecule has 1 aromatic heterocycles. The van der Waals surface area contributed by atoms with Crippen LogP contribution >= 0.6 is 0 Å². The SMILES string of the molecule is CNC(=O)COc1cccc(CNC(=O)c2ccc(C)[nH]c2=O)c1. The van der Waals surface area contributed by atoms with E-state index in [1.165, 1.54) is 13.1 Å². The summed E-state index contributed by atoms with van der Waals surface area (Å²) in [5.41, 5.74) is 1.13. The largest absolute Gasteiger partial charge is 0.484 e. The van der Waals surface area contributed by atoms with Crippen LogP contribution in [0.5, 0.6) is 5.75 Å². The van der Waals surface area contributed by atoms with E-state index in [2.05, 4.69) is 15.6 Å². The predicted octanol–water partition coefficient (Wildman–Crippen LogP) is 0.738. The molecule has 0 radical (unpaired) electrons. The lowest BCUT2D eigenvalue weighted by Crippen LogP contribution is -2.29. The van der Waals surface area contributed by atoms with Crippen molar-refractivity contribution in [3.63, 3.8) is 0 Å². The first-order valence-electron chi connectivity index (χ1n) is 7.40. The van der Waals surface area contributed by atoms with Gasteiger partial charge < -0.3 is 20.4 Å². The van der Waals surface area contributed by atoms with Crippen LogP contribution in [-0.2, 0) is 11.3 Å². The molecule has 1 aromatic carbocycles. The fraction of sp³-hybridized carbons (Fsp3) is 0.235. The standard InChI is InChI=1S/C17H19N3O4/c1-11-6-7-14(17(23)20-11)16(22)19-9-12-4-3-5-13(8-12)24-10-15(21)18-2/h3-8H,9-10H2,1-2H3,(H,18,21)(H,19,22)(H,20,23). The summed E-state index contributed by atoms with van der Waals surface area (Å²) >= 11 is 0. The second-order valence-corrected chi connectivity index (χ2v) is 5.18. The number of rotatable bonds is 6. The van der Waals surface area contributed by atoms with Crippen LogP contribution in [0.1, 0.15) is 21.6 Å². The molecule has 0 aliphatic rings. The minimum atomic E-state index is -0.451. The molecule has 0 bridgehead atoms. The second-order valence-electron chi connectivity index (χ2n) is 5.18. The quantitative estimate of drug-likeness (QED) is 0.727. The third-order valence-corrected chi connectivity index (χ3v) is 3.30. The smallest absolute Gasteiger partial charge is 0.260 e. The van der Waals surface area contributed by atoms with Crippen LogP contribution in [0.3, 0.4) is 0 Å². The zero-order chi connectivity index (χ0) is 17.5. The molecule has 0 saturated heterocycles. The molecule has 2 aromatic rings. The Bertz CT molecular complexity index is 798. The van der Waals surface area contributed by atoms with E-state index in [-0.39, 0.29) is 24.6 Å². The molecule has 0 unspecified atom stereocenters. The first-order valence-corrected chi connectivity index (χ1v) is 7.40. The Morgan fingerprint density at radius 2 is 2.00 bits per heavy atom. The lowest BCUT2D eigenvalue weighted by atomic mass is 10.2. The molecule has 0 aliphatic carbocycles. The summed E-state index contributed by atoms with van der Waals surface area (Å²) in [4.78, 5) is 37.6. The lowest BCUT2D eigenvalue weighted by Gasteiger charge is -2.08. The fourth-order valence-corrected chi connectivity index (χ4v) is 1.99. The van der Waals surface area contributed by atoms with Crippen molar-refractivity contribution >= 4 is 11.8 Å². The zero-order valence-corrected chi connectivity index (χ0v) is 13.5. The molecule has 2 rings (SSSR count). The fourth-order valence-electron chi connectivity index (χ4n) is 1.99. The van der Waals surface area contributed by atoms with Gasteiger partial charge in [0.05, 0.1) is 0 Å². The van der Waals surface area contributed by atoms with Crippen molar-refractivity contribution in [1.82, 2.24) is 15.6 Å². The van der Waals surface area contributed by atoms with Crippen LogP contribution in [0.4, 0.5) is 0 Å². The maximum Gasteiger partial charge on any atom is 0.260 e. The van der Waals surface area contributed by atoms with Gasteiger partial charge in [-0.15, -0.1) is 0 Å². The van der Waals surface area contributed by atoms with E-state index < -0.39 is 11.5 Å². The maximum atomic E-state index is 12.1. The Morgan fingerprint density at radius 1 is 1.21 bits per heavy atom. The van der Waals surface area contributed by atoms with E-state index in [4.69, 9.17) is 4.74 Å². The van der Waals surface area contributed by atoms with E-state index in [0.717, 1.165) is 5.56 Å². The number of nitrogens with one attached hydrogen (secondary N) is 3. The Kier molecular flexibility index (Phi) is 5.73. The van der Waals surface area contributed by atoms with Gasteiger partial charge in [-0.2, -0.15) is 0 Å². The number of ether oxygens (including phenoxy) is 1. The van der Waals surface area contributed by atoms with Gasteiger partial charge in [0.15, 0.2) is 6.61 Å². The number of carbonyl (C=O) groups is 2. The van der Waals surface area contributed by atoms with E-state index in [1.807, 2.05) is 6.07 Å². The number of aromatic nitrogens is 1. The van der Waals surface area contributed by atoms with Gasteiger partial charge in [-0.3, -0.25) is 14.4 Å². The number of amides is 2. The van der Waals surface area contributed by atoms with Crippen molar-refractivity contribution in [2.24, 2.45) is 0 Å². The topological polar surface area (TPSA) is 100 Å². The second kappa shape index (κ2) is 7.96. The molecule has 126 valence electrons. The highest BCUT2D eigenvalue weighted by molar-refractivity contribution is 5.93. The van der Waals surface area contributed by atoms with E-state index in [1.54, 1.807) is 31.2 Å². The molecule has 7 nitrogen and oxygen atoms in total. The first-order chi connectivity index (χ1) is 11.5. The molecule has 0 atom stereocenters. The highest BCUT2D eigenvalue weighted by atomic mass is 16.5. The van der Waals surface area contributed by atoms with Gasteiger partial charge in [-0.25, -0.2) is 0 Å². The third kappa shape index (κ3) is 4.70. The molecule has 7 heteroatoms. The summed E-state index contributed by atoms with van der Waals surface area (Å²) in [5.74, 6) is -0.154. The molecular weight excluding hydrogens is 310 g/mol. The van der Waals surface area contributed by atoms with Crippen LogP contribution in [0.2, 0.25) is 0 Å². The monoisotopic (exact) mass is 329 g/mol. The molecule has 3 N–H and O–H groups in total. The number of benzene rings is 1. The van der Waals surface area contributed by atoms with Gasteiger partial charge in [-0.05, 0) is 36.8 Å². The summed E-state index contributed by atoms with van der Waals surface area (Å²) in [6.07, 6.45) is 0. The Labute approximate surface area is 139 Å². The highest BCUT2D eigenvalue weighted by Crippen LogP contribution is 2.13. The number of pyridine rings is 1. The summed E-state index contributed by atoms with van der Waals surface area (Å²) < 4.78 is 5.34. The number of hydrogen-bond acceptors (Lipinski definition) is 4. The average molecular weight is 329 g/mol. The number of carbonyl (C=O) groups excluding carboxylic acids is 2. The van der Waals surface area contributed by atoms with Gasteiger partial charge in [0.1, 0.15) is 11.3 Å². The molecule has 24 heavy (non-hydrogen) atoms. The first kappa shape index (κ1) is 17.3. The van der Waals surface area contributed by atoms with Crippen molar-refractivity contribution in [1.29, 1.82) is 0 Å². The summed E-state index contributed by atoms with van der Waals surface area (Å²) in [6, 6.07) is 10.2. The normalized spacial score (nSPS) is 10.1. The highest BCUT2D eigenvalue weighted by Gasteiger charge is 2.10. The van der Waals surface area contributed by atoms with Gasteiger partial charge in [0.25, 0.3) is 17.4 Å². The summed E-state index contributed by atoms with van der Waals surface area (Å²) in [6.45, 7) is 1.90. The molecular formula is C17H19N3O4. The summed E-state index contributed by atoms with van der Waals surface area (Å²) in [7, 11) is 1.53. The van der Waals surface area contributed by atoms with Crippen molar-refractivity contribution in [3.05, 3.63) is 63.6 Å². The minimum absolute atomic E-state index is 0.0626. The molecule has 2 amide bonds. The van der Waals surface area contributed by atoms with E-state index in [9.17, 15) is 14.4 Å². The van der Waals surface area contributed by atoms with E-state index in [0.29, 0.717) is 11.4 Å². The van der Waals surface area contributed by atoms with Gasteiger partial charge in [0, 0.05) is 19.3 Å². The van der Waals surface area contributed by atoms with Crippen molar-refractivity contribution in [3.8, 4) is 5.75 Å². The third-order valence-electron chi connectivity index (χ3n) is 3.30. The maximum absolute atomic E-state index is 12.1. The van der Waals surface area contributed by atoms with Crippen molar-refractivity contribution in [2.45, 2.75) is 13.5 Å². The predicted molar refractivity (Wildman–Crippen MR) is 89.0 cm³/mol. The minimum Gasteiger partial charge on any atom is -0.484 e. The molecule has 1 heterocycles. The van der Waals surface area contributed by atoms with Crippen LogP contribution in [-0.4, -0.2) is 30.5 Å². The van der Waals surface area contributed by atoms with Crippen LogP contribution < -0.4 is 20.9 Å². The Morgan fingerprint density at radius 3 is 2.71 bits per heavy atom. The number of H-pyrrole nitrogens is 1. The molecule has 0 spiro atoms. The Hall–Kier alpha value is -3.09. The van der Waals surface area contributed by atoms with Crippen molar-refractivity contribution in [2.75, 3.05) is 13.7 Å². The molecule has 0 aliphatic heterocycles. The lowest BCUT2D eigenvalue weighted by molar-refractivity contribution is -0.122. The number of hydrogen-bond donors (Lipinski definition) is 3. The number of aromatic amines is 1.